The number of hydrogen-bond acceptors (Lipinski definition) is 11. The molecule has 1 amide bonds. The van der Waals surface area contributed by atoms with E-state index >= 15 is 0 Å². The third kappa shape index (κ3) is 5.88. The number of methoxy groups -OCH3 is 1. The van der Waals surface area contributed by atoms with Gasteiger partial charge >= 0.3 is 5.97 Å². The van der Waals surface area contributed by atoms with Crippen molar-refractivity contribution in [2.75, 3.05) is 44.0 Å². The first kappa shape index (κ1) is 28.6. The molecule has 1 aliphatic carbocycles. The minimum atomic E-state index is -3.99. The second-order valence-electron chi connectivity index (χ2n) is 11.0. The maximum Gasteiger partial charge on any atom is 0.329 e. The Labute approximate surface area is 248 Å². The number of amides is 1. The fourth-order valence-corrected chi connectivity index (χ4v) is 7.94. The van der Waals surface area contributed by atoms with Crippen LogP contribution < -0.4 is 20.1 Å². The normalized spacial score (nSPS) is 19.9. The molecule has 2 aliphatic heterocycles. The number of esters is 1. The fourth-order valence-electron chi connectivity index (χ4n) is 5.53. The molecule has 14 heteroatoms. The van der Waals surface area contributed by atoms with Crippen LogP contribution in [0.15, 0.2) is 34.8 Å². The van der Waals surface area contributed by atoms with Gasteiger partial charge in [-0.25, -0.2) is 23.2 Å². The van der Waals surface area contributed by atoms with Crippen molar-refractivity contribution in [3.8, 4) is 5.75 Å². The number of aromatic nitrogens is 2. The van der Waals surface area contributed by atoms with Crippen LogP contribution in [0.25, 0.3) is 10.8 Å². The minimum absolute atomic E-state index is 0.0608. The van der Waals surface area contributed by atoms with Gasteiger partial charge in [0.05, 0.1) is 19.9 Å². The third-order valence-electron chi connectivity index (χ3n) is 8.07. The number of rotatable bonds is 11. The molecule has 3 aromatic rings. The number of sulfonamides is 1. The number of nitrogens with zero attached hydrogens (tertiary/aromatic N) is 4. The molecule has 1 aromatic carbocycles. The minimum Gasteiger partial charge on any atom is -0.496 e. The number of carbonyl (C=O) groups excluding carboxylic acids is 2. The van der Waals surface area contributed by atoms with Crippen molar-refractivity contribution < 1.29 is 27.5 Å². The molecule has 0 bridgehead atoms. The maximum atomic E-state index is 13.6. The molecule has 224 valence electrons. The largest absolute Gasteiger partial charge is 0.496 e. The van der Waals surface area contributed by atoms with Crippen molar-refractivity contribution in [2.24, 2.45) is 5.92 Å². The topological polar surface area (TPSA) is 157 Å². The van der Waals surface area contributed by atoms with E-state index in [0.29, 0.717) is 40.2 Å². The summed E-state index contributed by atoms with van der Waals surface area (Å²) in [5.41, 5.74) is 6.75. The van der Waals surface area contributed by atoms with Crippen LogP contribution in [0.1, 0.15) is 37.7 Å². The Morgan fingerprint density at radius 2 is 1.98 bits per heavy atom. The summed E-state index contributed by atoms with van der Waals surface area (Å²) in [6.45, 7) is 2.20. The van der Waals surface area contributed by atoms with E-state index in [0.717, 1.165) is 55.5 Å². The molecule has 4 heterocycles. The van der Waals surface area contributed by atoms with Gasteiger partial charge in [-0.15, -0.1) is 0 Å². The molecule has 42 heavy (non-hydrogen) atoms. The Morgan fingerprint density at radius 3 is 2.71 bits per heavy atom. The van der Waals surface area contributed by atoms with Crippen LogP contribution >= 0.6 is 11.3 Å². The predicted octanol–water partition coefficient (Wildman–Crippen LogP) is 2.33. The van der Waals surface area contributed by atoms with E-state index in [9.17, 15) is 18.0 Å². The summed E-state index contributed by atoms with van der Waals surface area (Å²) in [5.74, 6) is 0.220. The molecule has 2 saturated heterocycles. The van der Waals surface area contributed by atoms with Crippen LogP contribution in [0.5, 0.6) is 5.75 Å². The van der Waals surface area contributed by atoms with Gasteiger partial charge in [0.2, 0.25) is 5.91 Å². The van der Waals surface area contributed by atoms with E-state index in [1.165, 1.54) is 18.2 Å². The molecular weight excluding hydrogens is 580 g/mol. The van der Waals surface area contributed by atoms with Gasteiger partial charge in [-0.3, -0.25) is 4.79 Å². The molecule has 3 N–H and O–H groups in total. The van der Waals surface area contributed by atoms with Crippen LogP contribution in [-0.4, -0.2) is 80.6 Å². The van der Waals surface area contributed by atoms with Gasteiger partial charge in [-0.2, -0.15) is 4.72 Å². The summed E-state index contributed by atoms with van der Waals surface area (Å²) in [6, 6.07) is 3.50. The van der Waals surface area contributed by atoms with E-state index in [4.69, 9.17) is 15.2 Å². The van der Waals surface area contributed by atoms with Crippen molar-refractivity contribution in [2.45, 2.75) is 54.8 Å². The number of pyridine rings is 1. The Kier molecular flexibility index (Phi) is 7.94. The highest BCUT2D eigenvalue weighted by Crippen LogP contribution is 2.33. The number of benzene rings is 1. The SMILES string of the molecule is COc1cc2c(N)nccc2cc1CC(C(=O)OCC1CC1)N1CCC(NS(=O)(=O)c2cnc(N3CCCC3)s2)C1=O. The van der Waals surface area contributed by atoms with Crippen LogP contribution in [0.3, 0.4) is 0 Å². The van der Waals surface area contributed by atoms with Gasteiger partial charge in [-0.1, -0.05) is 11.3 Å². The zero-order valence-electron chi connectivity index (χ0n) is 23.3. The van der Waals surface area contributed by atoms with Gasteiger partial charge in [0.25, 0.3) is 10.0 Å². The van der Waals surface area contributed by atoms with Crippen LogP contribution in [0.4, 0.5) is 10.9 Å². The van der Waals surface area contributed by atoms with Gasteiger partial charge in [0, 0.05) is 37.6 Å². The number of nitrogens with one attached hydrogen (secondary N) is 1. The average molecular weight is 615 g/mol. The predicted molar refractivity (Wildman–Crippen MR) is 158 cm³/mol. The van der Waals surface area contributed by atoms with E-state index in [1.807, 2.05) is 12.1 Å². The molecule has 2 unspecified atom stereocenters. The number of nitrogens with two attached hydrogens (primary N) is 1. The highest BCUT2D eigenvalue weighted by molar-refractivity contribution is 7.91. The summed E-state index contributed by atoms with van der Waals surface area (Å²) >= 11 is 1.09. The smallest absolute Gasteiger partial charge is 0.329 e. The zero-order valence-corrected chi connectivity index (χ0v) is 25.0. The number of fused-ring (bicyclic) bond motifs is 1. The number of thiazole rings is 1. The quantitative estimate of drug-likeness (QED) is 0.307. The van der Waals surface area contributed by atoms with Gasteiger partial charge in [0.1, 0.15) is 23.7 Å². The highest BCUT2D eigenvalue weighted by atomic mass is 32.2. The lowest BCUT2D eigenvalue weighted by atomic mass is 10.00. The first-order valence-corrected chi connectivity index (χ1v) is 16.4. The second kappa shape index (κ2) is 11.7. The van der Waals surface area contributed by atoms with E-state index in [2.05, 4.69) is 19.6 Å². The van der Waals surface area contributed by atoms with Crippen LogP contribution in [-0.2, 0) is 30.8 Å². The van der Waals surface area contributed by atoms with Crippen molar-refractivity contribution in [1.82, 2.24) is 19.6 Å². The molecule has 2 aromatic heterocycles. The first-order chi connectivity index (χ1) is 20.2. The number of hydrogen-bond donors (Lipinski definition) is 2. The molecular formula is C28H34N6O6S2. The molecule has 12 nitrogen and oxygen atoms in total. The van der Waals surface area contributed by atoms with Gasteiger partial charge in [-0.05, 0) is 67.2 Å². The summed E-state index contributed by atoms with van der Waals surface area (Å²) in [5, 5.41) is 2.20. The lowest BCUT2D eigenvalue weighted by molar-refractivity contribution is -0.154. The Balaban J connectivity index is 1.22. The molecule has 0 spiro atoms. The van der Waals surface area contributed by atoms with Gasteiger partial charge in [0.15, 0.2) is 9.34 Å². The summed E-state index contributed by atoms with van der Waals surface area (Å²) in [4.78, 5) is 39.0. The summed E-state index contributed by atoms with van der Waals surface area (Å²) in [6.07, 6.45) is 7.41. The molecule has 2 atom stereocenters. The Morgan fingerprint density at radius 1 is 1.19 bits per heavy atom. The average Bonchev–Trinajstić information content (AvgIpc) is 3.31. The van der Waals surface area contributed by atoms with Crippen LogP contribution in [0, 0.1) is 5.92 Å². The maximum absolute atomic E-state index is 13.6. The zero-order chi connectivity index (χ0) is 29.4. The number of anilines is 2. The number of likely N-dealkylation sites (tertiary alicyclic amines) is 1. The molecule has 0 radical (unpaired) electrons. The molecule has 3 fully saturated rings. The monoisotopic (exact) mass is 614 g/mol. The molecule has 1 saturated carbocycles. The third-order valence-corrected chi connectivity index (χ3v) is 11.1. The standard InChI is InChI=1S/C28H34N6O6S2/c1-39-23-14-20-18(6-8-30-25(20)29)12-19(23)13-22(27(36)40-16-17-4-5-17)34-11-7-21(26(34)35)32-42(37,38)24-15-31-28(41-24)33-9-2-3-10-33/h6,8,12,14-15,17,21-22,32H,2-5,7,9-11,13,16H2,1H3,(H2,29,30). The summed E-state index contributed by atoms with van der Waals surface area (Å²) < 4.78 is 40.3. The fraction of sp³-hybridized carbons (Fsp3) is 0.500. The van der Waals surface area contributed by atoms with Crippen molar-refractivity contribution in [3.05, 3.63) is 36.2 Å². The van der Waals surface area contributed by atoms with Gasteiger partial charge < -0.3 is 25.0 Å². The summed E-state index contributed by atoms with van der Waals surface area (Å²) in [7, 11) is -2.46. The second-order valence-corrected chi connectivity index (χ2v) is 14.0. The van der Waals surface area contributed by atoms with E-state index in [1.54, 1.807) is 12.3 Å². The van der Waals surface area contributed by atoms with E-state index in [-0.39, 0.29) is 23.6 Å². The van der Waals surface area contributed by atoms with Crippen LogP contribution in [0.2, 0.25) is 0 Å². The number of ether oxygens (including phenoxy) is 2. The number of carbonyl (C=O) groups is 2. The molecule has 3 aliphatic rings. The lowest BCUT2D eigenvalue weighted by Gasteiger charge is -2.27. The van der Waals surface area contributed by atoms with Crippen molar-refractivity contribution in [3.63, 3.8) is 0 Å². The van der Waals surface area contributed by atoms with Crippen molar-refractivity contribution in [1.29, 1.82) is 0 Å². The van der Waals surface area contributed by atoms with Crippen molar-refractivity contribution >= 4 is 55.0 Å². The molecule has 6 rings (SSSR count). The lowest BCUT2D eigenvalue weighted by Crippen LogP contribution is -2.48. The number of nitrogen functional groups attached to an aromatic ring is 1. The van der Waals surface area contributed by atoms with E-state index < -0.39 is 34.0 Å². The Hall–Kier alpha value is -3.49. The highest BCUT2D eigenvalue weighted by Gasteiger charge is 2.42. The Bertz CT molecular complexity index is 1600. The first-order valence-electron chi connectivity index (χ1n) is 14.1.